The van der Waals surface area contributed by atoms with Gasteiger partial charge < -0.3 is 10.1 Å². The molecule has 0 aliphatic heterocycles. The normalized spacial score (nSPS) is 10.8. The van der Waals surface area contributed by atoms with Crippen LogP contribution in [0.5, 0.6) is 5.88 Å². The Hall–Kier alpha value is -2.08. The summed E-state index contributed by atoms with van der Waals surface area (Å²) in [5, 5.41) is 5.39. The van der Waals surface area contributed by atoms with Gasteiger partial charge in [-0.15, -0.1) is 11.3 Å². The minimum Gasteiger partial charge on any atom is -0.480 e. The number of anilines is 1. The number of fused-ring (bicyclic) bond motifs is 1. The summed E-state index contributed by atoms with van der Waals surface area (Å²) in [6, 6.07) is 3.93. The molecular formula is C13H14N4OS. The van der Waals surface area contributed by atoms with Gasteiger partial charge in [0, 0.05) is 17.8 Å². The van der Waals surface area contributed by atoms with E-state index in [1.807, 2.05) is 35.0 Å². The second kappa shape index (κ2) is 4.89. The molecule has 3 heterocycles. The monoisotopic (exact) mass is 274 g/mol. The number of nitrogens with one attached hydrogen (secondary N) is 1. The van der Waals surface area contributed by atoms with Crippen LogP contribution in [0.2, 0.25) is 0 Å². The van der Waals surface area contributed by atoms with Crippen molar-refractivity contribution in [1.82, 2.24) is 14.4 Å². The first-order valence-electron chi connectivity index (χ1n) is 5.93. The molecule has 0 fully saturated rings. The second-order valence-corrected chi connectivity index (χ2v) is 4.99. The predicted octanol–water partition coefficient (Wildman–Crippen LogP) is 2.72. The molecule has 3 rings (SSSR count). The van der Waals surface area contributed by atoms with Crippen LogP contribution in [-0.4, -0.2) is 21.5 Å². The SMILES string of the molecule is COc1nc2sccn2c1CNc1cccnc1C. The number of rotatable bonds is 4. The number of pyridine rings is 1. The van der Waals surface area contributed by atoms with E-state index < -0.39 is 0 Å². The van der Waals surface area contributed by atoms with Crippen molar-refractivity contribution in [3.8, 4) is 5.88 Å². The molecule has 98 valence electrons. The molecule has 0 aliphatic carbocycles. The average Bonchev–Trinajstić information content (AvgIpc) is 2.98. The molecule has 0 atom stereocenters. The fourth-order valence-corrected chi connectivity index (χ4v) is 2.71. The van der Waals surface area contributed by atoms with Gasteiger partial charge in [-0.3, -0.25) is 9.38 Å². The first-order chi connectivity index (χ1) is 9.29. The average molecular weight is 274 g/mol. The Morgan fingerprint density at radius 1 is 1.47 bits per heavy atom. The lowest BCUT2D eigenvalue weighted by molar-refractivity contribution is 0.395. The van der Waals surface area contributed by atoms with Crippen molar-refractivity contribution in [2.24, 2.45) is 0 Å². The zero-order valence-corrected chi connectivity index (χ0v) is 11.6. The summed E-state index contributed by atoms with van der Waals surface area (Å²) in [7, 11) is 1.64. The topological polar surface area (TPSA) is 51.5 Å². The zero-order chi connectivity index (χ0) is 13.2. The van der Waals surface area contributed by atoms with E-state index in [1.54, 1.807) is 24.6 Å². The van der Waals surface area contributed by atoms with Gasteiger partial charge in [0.05, 0.1) is 25.0 Å². The molecule has 0 radical (unpaired) electrons. The number of hydrogen-bond acceptors (Lipinski definition) is 5. The van der Waals surface area contributed by atoms with Gasteiger partial charge in [-0.05, 0) is 19.1 Å². The van der Waals surface area contributed by atoms with E-state index in [9.17, 15) is 0 Å². The van der Waals surface area contributed by atoms with Gasteiger partial charge in [-0.2, -0.15) is 4.98 Å². The van der Waals surface area contributed by atoms with Gasteiger partial charge in [0.25, 0.3) is 0 Å². The first-order valence-corrected chi connectivity index (χ1v) is 6.81. The molecular weight excluding hydrogens is 260 g/mol. The van der Waals surface area contributed by atoms with Crippen LogP contribution in [0.25, 0.3) is 4.96 Å². The standard InChI is InChI=1S/C13H14N4OS/c1-9-10(4-3-5-14-9)15-8-11-12(18-2)16-13-17(11)6-7-19-13/h3-7,15H,8H2,1-2H3. The molecule has 0 saturated carbocycles. The lowest BCUT2D eigenvalue weighted by Crippen LogP contribution is -2.05. The highest BCUT2D eigenvalue weighted by molar-refractivity contribution is 7.15. The molecule has 5 nitrogen and oxygen atoms in total. The fraction of sp³-hybridized carbons (Fsp3) is 0.231. The number of nitrogens with zero attached hydrogens (tertiary/aromatic N) is 3. The quantitative estimate of drug-likeness (QED) is 0.794. The van der Waals surface area contributed by atoms with E-state index in [0.29, 0.717) is 12.4 Å². The largest absolute Gasteiger partial charge is 0.480 e. The van der Waals surface area contributed by atoms with Crippen molar-refractivity contribution < 1.29 is 4.74 Å². The van der Waals surface area contributed by atoms with Gasteiger partial charge in [0.1, 0.15) is 5.69 Å². The van der Waals surface area contributed by atoms with Gasteiger partial charge in [0.2, 0.25) is 5.88 Å². The van der Waals surface area contributed by atoms with Crippen LogP contribution in [0, 0.1) is 6.92 Å². The number of aryl methyl sites for hydroxylation is 1. The molecule has 3 aromatic heterocycles. The van der Waals surface area contributed by atoms with E-state index >= 15 is 0 Å². The zero-order valence-electron chi connectivity index (χ0n) is 10.8. The molecule has 1 N–H and O–H groups in total. The molecule has 0 unspecified atom stereocenters. The summed E-state index contributed by atoms with van der Waals surface area (Å²) < 4.78 is 7.37. The van der Waals surface area contributed by atoms with Gasteiger partial charge in [0.15, 0.2) is 4.96 Å². The number of imidazole rings is 1. The number of methoxy groups -OCH3 is 1. The van der Waals surface area contributed by atoms with Crippen molar-refractivity contribution >= 4 is 22.0 Å². The second-order valence-electron chi connectivity index (χ2n) is 4.11. The molecule has 0 bridgehead atoms. The maximum Gasteiger partial charge on any atom is 0.238 e. The van der Waals surface area contributed by atoms with Crippen LogP contribution in [-0.2, 0) is 6.54 Å². The van der Waals surface area contributed by atoms with Crippen LogP contribution < -0.4 is 10.1 Å². The van der Waals surface area contributed by atoms with Crippen LogP contribution in [0.3, 0.4) is 0 Å². The van der Waals surface area contributed by atoms with Crippen molar-refractivity contribution in [2.75, 3.05) is 12.4 Å². The number of thiazole rings is 1. The predicted molar refractivity (Wildman–Crippen MR) is 75.9 cm³/mol. The molecule has 0 saturated heterocycles. The third kappa shape index (κ3) is 2.15. The molecule has 19 heavy (non-hydrogen) atoms. The summed E-state index contributed by atoms with van der Waals surface area (Å²) in [4.78, 5) is 9.63. The molecule has 3 aromatic rings. The van der Waals surface area contributed by atoms with E-state index in [1.165, 1.54) is 0 Å². The summed E-state index contributed by atoms with van der Waals surface area (Å²) >= 11 is 1.59. The number of aromatic nitrogens is 3. The Morgan fingerprint density at radius 3 is 3.16 bits per heavy atom. The summed E-state index contributed by atoms with van der Waals surface area (Å²) in [6.45, 7) is 2.63. The first kappa shape index (κ1) is 12.0. The Morgan fingerprint density at radius 2 is 2.37 bits per heavy atom. The van der Waals surface area contributed by atoms with Crippen LogP contribution in [0.15, 0.2) is 29.9 Å². The minimum absolute atomic E-state index is 0.646. The van der Waals surface area contributed by atoms with Gasteiger partial charge in [-0.1, -0.05) is 0 Å². The lowest BCUT2D eigenvalue weighted by atomic mass is 10.3. The van der Waals surface area contributed by atoms with E-state index in [0.717, 1.165) is 22.0 Å². The fourth-order valence-electron chi connectivity index (χ4n) is 1.99. The molecule has 0 aliphatic rings. The third-order valence-corrected chi connectivity index (χ3v) is 3.73. The maximum atomic E-state index is 5.33. The van der Waals surface area contributed by atoms with Crippen LogP contribution in [0.4, 0.5) is 5.69 Å². The van der Waals surface area contributed by atoms with Crippen molar-refractivity contribution in [1.29, 1.82) is 0 Å². The summed E-state index contributed by atoms with van der Waals surface area (Å²) in [6.07, 6.45) is 3.79. The maximum absolute atomic E-state index is 5.33. The number of hydrogen-bond donors (Lipinski definition) is 1. The Labute approximate surface area is 114 Å². The highest BCUT2D eigenvalue weighted by Gasteiger charge is 2.13. The summed E-state index contributed by atoms with van der Waals surface area (Å²) in [5.41, 5.74) is 3.02. The van der Waals surface area contributed by atoms with E-state index in [2.05, 4.69) is 15.3 Å². The summed E-state index contributed by atoms with van der Waals surface area (Å²) in [5.74, 6) is 0.667. The van der Waals surface area contributed by atoms with Crippen molar-refractivity contribution in [2.45, 2.75) is 13.5 Å². The molecule has 6 heteroatoms. The van der Waals surface area contributed by atoms with Gasteiger partial charge >= 0.3 is 0 Å². The Balaban J connectivity index is 1.89. The lowest BCUT2D eigenvalue weighted by Gasteiger charge is -2.08. The van der Waals surface area contributed by atoms with Crippen LogP contribution in [0.1, 0.15) is 11.4 Å². The van der Waals surface area contributed by atoms with Crippen molar-refractivity contribution in [3.63, 3.8) is 0 Å². The van der Waals surface area contributed by atoms with Crippen molar-refractivity contribution in [3.05, 3.63) is 41.3 Å². The Bertz CT molecular complexity index is 704. The van der Waals surface area contributed by atoms with E-state index in [4.69, 9.17) is 4.74 Å². The molecule has 0 aromatic carbocycles. The highest BCUT2D eigenvalue weighted by atomic mass is 32.1. The smallest absolute Gasteiger partial charge is 0.238 e. The number of ether oxygens (including phenoxy) is 1. The van der Waals surface area contributed by atoms with Gasteiger partial charge in [-0.25, -0.2) is 0 Å². The third-order valence-electron chi connectivity index (χ3n) is 2.97. The highest BCUT2D eigenvalue weighted by Crippen LogP contribution is 2.24. The van der Waals surface area contributed by atoms with E-state index in [-0.39, 0.29) is 0 Å². The molecule has 0 spiro atoms. The molecule has 0 amide bonds. The minimum atomic E-state index is 0.646. The van der Waals surface area contributed by atoms with Crippen LogP contribution >= 0.6 is 11.3 Å². The Kier molecular flexibility index (Phi) is 3.08.